The highest BCUT2D eigenvalue weighted by Crippen LogP contribution is 2.48. The lowest BCUT2D eigenvalue weighted by Crippen LogP contribution is -2.34. The maximum Gasteiger partial charge on any atom is 0.0724 e. The summed E-state index contributed by atoms with van der Waals surface area (Å²) in [5.41, 5.74) is 2.95. The van der Waals surface area contributed by atoms with Gasteiger partial charge in [-0.25, -0.2) is 0 Å². The molecule has 0 heterocycles. The summed E-state index contributed by atoms with van der Waals surface area (Å²) in [4.78, 5) is 24.4. The van der Waals surface area contributed by atoms with Crippen LogP contribution in [0.2, 0.25) is 0 Å². The standard InChI is InChI=1S/C26H36O4/c27-25(28)21-16-20(17-10-4-1-5-11-17)22(18-12-6-2-7-13-18)23(24(21)26(29)30)19-14-8-3-9-15-19/h16-19H,1-15H2,(H,27,28)(H,29,30)/p-2. The number of carbonyl (C=O) groups is 2. The van der Waals surface area contributed by atoms with E-state index in [-0.39, 0.29) is 17.0 Å². The summed E-state index contributed by atoms with van der Waals surface area (Å²) in [6, 6.07) is 1.69. The van der Waals surface area contributed by atoms with Gasteiger partial charge in [0.25, 0.3) is 0 Å². The van der Waals surface area contributed by atoms with E-state index in [9.17, 15) is 19.8 Å². The number of carbonyl (C=O) groups excluding carboxylic acids is 2. The van der Waals surface area contributed by atoms with Gasteiger partial charge in [0.05, 0.1) is 11.9 Å². The maximum atomic E-state index is 12.3. The molecule has 0 aliphatic heterocycles. The van der Waals surface area contributed by atoms with Crippen molar-refractivity contribution < 1.29 is 19.8 Å². The Morgan fingerprint density at radius 1 is 0.600 bits per heavy atom. The molecule has 3 fully saturated rings. The van der Waals surface area contributed by atoms with E-state index in [0.717, 1.165) is 75.3 Å². The van der Waals surface area contributed by atoms with Crippen molar-refractivity contribution in [2.24, 2.45) is 0 Å². The smallest absolute Gasteiger partial charge is 0.0724 e. The third-order valence-electron chi connectivity index (χ3n) is 7.94. The molecule has 4 rings (SSSR count). The van der Waals surface area contributed by atoms with Gasteiger partial charge in [0.15, 0.2) is 0 Å². The van der Waals surface area contributed by atoms with Gasteiger partial charge in [-0.2, -0.15) is 0 Å². The van der Waals surface area contributed by atoms with Gasteiger partial charge in [0.1, 0.15) is 0 Å². The van der Waals surface area contributed by atoms with Crippen LogP contribution in [0.15, 0.2) is 6.07 Å². The molecule has 4 nitrogen and oxygen atoms in total. The van der Waals surface area contributed by atoms with E-state index in [1.807, 2.05) is 0 Å². The van der Waals surface area contributed by atoms with E-state index in [0.29, 0.717) is 11.8 Å². The average molecular weight is 411 g/mol. The summed E-state index contributed by atoms with van der Waals surface area (Å²) in [6.07, 6.45) is 16.7. The first kappa shape index (κ1) is 21.4. The zero-order valence-electron chi connectivity index (χ0n) is 18.0. The molecule has 3 saturated carbocycles. The first-order chi connectivity index (χ1) is 14.6. The molecule has 0 aromatic heterocycles. The maximum absolute atomic E-state index is 12.3. The second kappa shape index (κ2) is 9.53. The van der Waals surface area contributed by atoms with Crippen molar-refractivity contribution in [3.8, 4) is 0 Å². The Balaban J connectivity index is 1.96. The summed E-state index contributed by atoms with van der Waals surface area (Å²) in [5, 5.41) is 24.4. The summed E-state index contributed by atoms with van der Waals surface area (Å²) in [7, 11) is 0. The van der Waals surface area contributed by atoms with Crippen LogP contribution in [-0.2, 0) is 0 Å². The van der Waals surface area contributed by atoms with Crippen LogP contribution in [0.3, 0.4) is 0 Å². The molecule has 3 aliphatic carbocycles. The highest BCUT2D eigenvalue weighted by atomic mass is 16.4. The van der Waals surface area contributed by atoms with Gasteiger partial charge in [-0.15, -0.1) is 0 Å². The quantitative estimate of drug-likeness (QED) is 0.713. The van der Waals surface area contributed by atoms with E-state index < -0.39 is 11.9 Å². The van der Waals surface area contributed by atoms with E-state index >= 15 is 0 Å². The zero-order valence-corrected chi connectivity index (χ0v) is 18.0. The van der Waals surface area contributed by atoms with Crippen LogP contribution < -0.4 is 10.2 Å². The number of hydrogen-bond acceptors (Lipinski definition) is 4. The Labute approximate surface area is 180 Å². The van der Waals surface area contributed by atoms with Gasteiger partial charge in [0.2, 0.25) is 0 Å². The number of aromatic carboxylic acids is 2. The topological polar surface area (TPSA) is 80.3 Å². The minimum Gasteiger partial charge on any atom is -0.545 e. The van der Waals surface area contributed by atoms with Crippen LogP contribution in [0.1, 0.15) is 151 Å². The Hall–Kier alpha value is -1.84. The zero-order chi connectivity index (χ0) is 21.1. The molecule has 30 heavy (non-hydrogen) atoms. The largest absolute Gasteiger partial charge is 0.545 e. The highest BCUT2D eigenvalue weighted by molar-refractivity contribution is 6.02. The third-order valence-corrected chi connectivity index (χ3v) is 7.94. The molecule has 0 bridgehead atoms. The fourth-order valence-corrected chi connectivity index (χ4v) is 6.54. The molecular weight excluding hydrogens is 376 g/mol. The normalized spacial score (nSPS) is 22.1. The van der Waals surface area contributed by atoms with E-state index in [1.165, 1.54) is 37.7 Å². The Kier molecular flexibility index (Phi) is 6.80. The van der Waals surface area contributed by atoms with Gasteiger partial charge in [-0.3, -0.25) is 0 Å². The molecule has 0 unspecified atom stereocenters. The van der Waals surface area contributed by atoms with Gasteiger partial charge in [-0.1, -0.05) is 57.8 Å². The molecule has 0 amide bonds. The molecule has 0 radical (unpaired) electrons. The lowest BCUT2D eigenvalue weighted by Gasteiger charge is -2.37. The molecule has 0 N–H and O–H groups in total. The van der Waals surface area contributed by atoms with Gasteiger partial charge in [-0.05, 0) is 79.0 Å². The fraction of sp³-hybridized carbons (Fsp3) is 0.692. The lowest BCUT2D eigenvalue weighted by molar-refractivity contribution is -0.259. The minimum absolute atomic E-state index is 0.0676. The van der Waals surface area contributed by atoms with E-state index in [2.05, 4.69) is 0 Å². The highest BCUT2D eigenvalue weighted by Gasteiger charge is 2.33. The number of hydrogen-bond donors (Lipinski definition) is 0. The molecule has 0 saturated heterocycles. The Morgan fingerprint density at radius 3 is 1.47 bits per heavy atom. The van der Waals surface area contributed by atoms with Gasteiger partial charge >= 0.3 is 0 Å². The first-order valence-corrected chi connectivity index (χ1v) is 12.2. The minimum atomic E-state index is -1.38. The van der Waals surface area contributed by atoms with Gasteiger partial charge < -0.3 is 19.8 Å². The third kappa shape index (κ3) is 4.29. The first-order valence-electron chi connectivity index (χ1n) is 12.2. The average Bonchev–Trinajstić information content (AvgIpc) is 2.79. The van der Waals surface area contributed by atoms with E-state index in [1.54, 1.807) is 6.07 Å². The molecule has 4 heteroatoms. The van der Waals surface area contributed by atoms with Crippen LogP contribution in [0.4, 0.5) is 0 Å². The summed E-state index contributed by atoms with van der Waals surface area (Å²) in [5.74, 6) is -1.90. The van der Waals surface area contributed by atoms with Crippen LogP contribution in [0.5, 0.6) is 0 Å². The molecule has 1 aromatic rings. The number of benzene rings is 1. The van der Waals surface area contributed by atoms with Crippen molar-refractivity contribution in [3.63, 3.8) is 0 Å². The Bertz CT molecular complexity index is 779. The number of rotatable bonds is 5. The molecule has 0 atom stereocenters. The predicted molar refractivity (Wildman–Crippen MR) is 113 cm³/mol. The summed E-state index contributed by atoms with van der Waals surface area (Å²) < 4.78 is 0. The van der Waals surface area contributed by atoms with Crippen molar-refractivity contribution in [3.05, 3.63) is 33.9 Å². The molecule has 3 aliphatic rings. The van der Waals surface area contributed by atoms with Crippen LogP contribution in [0.25, 0.3) is 0 Å². The lowest BCUT2D eigenvalue weighted by atomic mass is 9.68. The second-order valence-electron chi connectivity index (χ2n) is 9.80. The van der Waals surface area contributed by atoms with Crippen LogP contribution in [-0.4, -0.2) is 11.9 Å². The monoisotopic (exact) mass is 410 g/mol. The molecular formula is C26H34O4-2. The fourth-order valence-electron chi connectivity index (χ4n) is 6.54. The van der Waals surface area contributed by atoms with Crippen molar-refractivity contribution in [1.82, 2.24) is 0 Å². The molecule has 1 aromatic carbocycles. The number of carboxylic acid groups (broad SMARTS) is 2. The molecule has 164 valence electrons. The second-order valence-corrected chi connectivity index (χ2v) is 9.80. The van der Waals surface area contributed by atoms with Crippen molar-refractivity contribution in [1.29, 1.82) is 0 Å². The Morgan fingerprint density at radius 2 is 1.03 bits per heavy atom. The molecule has 0 spiro atoms. The number of carboxylic acids is 2. The van der Waals surface area contributed by atoms with Crippen molar-refractivity contribution in [2.75, 3.05) is 0 Å². The van der Waals surface area contributed by atoms with Crippen LogP contribution >= 0.6 is 0 Å². The van der Waals surface area contributed by atoms with Crippen LogP contribution in [0, 0.1) is 0 Å². The van der Waals surface area contributed by atoms with E-state index in [4.69, 9.17) is 0 Å². The summed E-state index contributed by atoms with van der Waals surface area (Å²) >= 11 is 0. The summed E-state index contributed by atoms with van der Waals surface area (Å²) in [6.45, 7) is 0. The van der Waals surface area contributed by atoms with Crippen molar-refractivity contribution >= 4 is 11.9 Å². The predicted octanol–water partition coefficient (Wildman–Crippen LogP) is 4.56. The van der Waals surface area contributed by atoms with Crippen molar-refractivity contribution in [2.45, 2.75) is 114 Å². The SMILES string of the molecule is O=C([O-])c1cc(C2CCCCC2)c(C2CCCCC2)c(C2CCCCC2)c1C(=O)[O-]. The van der Waals surface area contributed by atoms with Gasteiger partial charge in [0, 0.05) is 11.1 Å².